The number of carboxylic acid groups (broad SMARTS) is 1. The van der Waals surface area contributed by atoms with Crippen molar-refractivity contribution in [1.29, 1.82) is 0 Å². The topological polar surface area (TPSA) is 321 Å². The molecule has 5 amide bonds. The van der Waals surface area contributed by atoms with Crippen molar-refractivity contribution < 1.29 is 64.3 Å². The average molecular weight is 974 g/mol. The summed E-state index contributed by atoms with van der Waals surface area (Å²) >= 11 is 0. The van der Waals surface area contributed by atoms with E-state index in [1.54, 1.807) is 0 Å². The molecule has 0 spiro atoms. The van der Waals surface area contributed by atoms with Crippen molar-refractivity contribution in [2.24, 2.45) is 0 Å². The van der Waals surface area contributed by atoms with E-state index in [9.17, 15) is 68.8 Å². The van der Waals surface area contributed by atoms with Gasteiger partial charge in [-0.05, 0) is 88.5 Å². The molecule has 0 bridgehead atoms. The summed E-state index contributed by atoms with van der Waals surface area (Å²) in [6.45, 7) is 2.39. The van der Waals surface area contributed by atoms with Crippen molar-refractivity contribution >= 4 is 64.1 Å². The number of carbonyl (C=O) groups is 8. The van der Waals surface area contributed by atoms with Gasteiger partial charge in [0, 0.05) is 103 Å². The van der Waals surface area contributed by atoms with Crippen LogP contribution in [0.5, 0.6) is 0 Å². The van der Waals surface area contributed by atoms with E-state index in [0.29, 0.717) is 123 Å². The number of nitrogens with zero attached hydrogens (tertiary/aromatic N) is 4. The maximum atomic E-state index is 12.3. The fraction of sp³-hybridized carbons (Fsp3) is 0.617. The van der Waals surface area contributed by atoms with Gasteiger partial charge in [-0.2, -0.15) is 0 Å². The zero-order chi connectivity index (χ0) is 51.1. The van der Waals surface area contributed by atoms with Gasteiger partial charge in [0.15, 0.2) is 0 Å². The van der Waals surface area contributed by atoms with E-state index in [4.69, 9.17) is 5.11 Å². The third kappa shape index (κ3) is 24.7. The standard InChI is InChI=1S/C47H71N7O15/c1-34(55)51(66)30-12-4-2-8-16-37(56)22-25-40(59)52(67)32-14-6-10-28-48-39(58)24-27-42(61)54(69)31-13-5-3-9-17-38(57)23-26-41(60)53(68)33-15-7-11-29-49-43-44(46(63)45(43)62)50-36-20-18-35(19-21-36)47(64)65/h18-21,49-50,66-69H,2-17,22-33H2,1H3,(H,48,58)(H,64,65). The number of rotatable bonds is 39. The number of amides is 5. The summed E-state index contributed by atoms with van der Waals surface area (Å²) in [4.78, 5) is 119. The molecule has 0 radical (unpaired) electrons. The van der Waals surface area contributed by atoms with Gasteiger partial charge in [-0.3, -0.25) is 64.0 Å². The molecule has 0 aliphatic carbocycles. The van der Waals surface area contributed by atoms with Crippen LogP contribution in [0.4, 0.5) is 17.1 Å². The largest absolute Gasteiger partial charge is 0.478 e. The molecule has 0 aliphatic rings. The monoisotopic (exact) mass is 974 g/mol. The molecule has 0 aromatic heterocycles. The predicted molar refractivity (Wildman–Crippen MR) is 251 cm³/mol. The smallest absolute Gasteiger partial charge is 0.335 e. The van der Waals surface area contributed by atoms with Crippen LogP contribution in [0.3, 0.4) is 0 Å². The Hall–Kier alpha value is -6.10. The summed E-state index contributed by atoms with van der Waals surface area (Å²) in [6, 6.07) is 5.70. The maximum Gasteiger partial charge on any atom is 0.335 e. The quantitative estimate of drug-likeness (QED) is 0.0192. The number of benzene rings is 1. The minimum atomic E-state index is -1.09. The Labute approximate surface area is 401 Å². The number of Topliss-reactive ketones (excluding diaryl/α,β-unsaturated/α-hetero) is 2. The highest BCUT2D eigenvalue weighted by atomic mass is 16.5. The fourth-order valence-electron chi connectivity index (χ4n) is 6.93. The van der Waals surface area contributed by atoms with E-state index >= 15 is 0 Å². The number of hydroxylamine groups is 8. The number of anilines is 3. The molecule has 384 valence electrons. The molecule has 0 saturated heterocycles. The summed E-state index contributed by atoms with van der Waals surface area (Å²) in [7, 11) is 0. The SMILES string of the molecule is CC(=O)N(O)CCCCCCC(=O)CCC(=O)N(O)CCCCCNC(=O)CCC(=O)N(O)CCCCCCC(=O)CCC(=O)N(O)CCCCCNc1c(Nc2ccc(C(=O)O)cc2)c(=O)c1=O. The number of aromatic carboxylic acids is 1. The van der Waals surface area contributed by atoms with Crippen LogP contribution in [0.2, 0.25) is 0 Å². The lowest BCUT2D eigenvalue weighted by molar-refractivity contribution is -0.166. The zero-order valence-electron chi connectivity index (χ0n) is 39.7. The van der Waals surface area contributed by atoms with Gasteiger partial charge in [0.25, 0.3) is 10.9 Å². The summed E-state index contributed by atoms with van der Waals surface area (Å²) in [5.74, 6) is -3.80. The second kappa shape index (κ2) is 33.4. The van der Waals surface area contributed by atoms with Gasteiger partial charge in [0.1, 0.15) is 22.9 Å². The number of unbranched alkanes of at least 4 members (excludes halogenated alkanes) is 10. The van der Waals surface area contributed by atoms with Gasteiger partial charge in [-0.25, -0.2) is 25.0 Å². The number of hydrogen-bond acceptors (Lipinski definition) is 16. The van der Waals surface area contributed by atoms with E-state index in [1.165, 1.54) is 31.2 Å². The average Bonchev–Trinajstić information content (AvgIpc) is 3.33. The Morgan fingerprint density at radius 3 is 1.33 bits per heavy atom. The highest BCUT2D eigenvalue weighted by Gasteiger charge is 2.21. The highest BCUT2D eigenvalue weighted by Crippen LogP contribution is 2.21. The third-order valence-corrected chi connectivity index (χ3v) is 11.2. The van der Waals surface area contributed by atoms with Gasteiger partial charge in [0.2, 0.25) is 29.5 Å². The Morgan fingerprint density at radius 1 is 0.464 bits per heavy atom. The van der Waals surface area contributed by atoms with Crippen molar-refractivity contribution in [2.45, 2.75) is 148 Å². The van der Waals surface area contributed by atoms with Crippen LogP contribution in [0, 0.1) is 0 Å². The predicted octanol–water partition coefficient (Wildman–Crippen LogP) is 4.86. The highest BCUT2D eigenvalue weighted by molar-refractivity contribution is 5.89. The van der Waals surface area contributed by atoms with Crippen molar-refractivity contribution in [2.75, 3.05) is 49.9 Å². The van der Waals surface area contributed by atoms with Crippen LogP contribution >= 0.6 is 0 Å². The first-order valence-corrected chi connectivity index (χ1v) is 23.8. The minimum Gasteiger partial charge on any atom is -0.478 e. The summed E-state index contributed by atoms with van der Waals surface area (Å²) in [5.41, 5.74) is -0.611. The first-order chi connectivity index (χ1) is 32.9. The van der Waals surface area contributed by atoms with Crippen LogP contribution in [0.15, 0.2) is 33.9 Å². The first kappa shape index (κ1) is 59.0. The molecular weight excluding hydrogens is 903 g/mol. The molecular formula is C47H71N7O15. The molecule has 2 aromatic carbocycles. The molecule has 0 fully saturated rings. The van der Waals surface area contributed by atoms with Crippen LogP contribution < -0.4 is 26.8 Å². The van der Waals surface area contributed by atoms with Crippen molar-refractivity contribution in [3.8, 4) is 0 Å². The van der Waals surface area contributed by atoms with Crippen LogP contribution in [0.25, 0.3) is 0 Å². The molecule has 2 aromatic rings. The Bertz CT molecular complexity index is 2040. The third-order valence-electron chi connectivity index (χ3n) is 11.2. The second-order valence-electron chi connectivity index (χ2n) is 16.9. The molecule has 0 saturated carbocycles. The molecule has 0 heterocycles. The number of carboxylic acids is 1. The van der Waals surface area contributed by atoms with E-state index in [-0.39, 0.29) is 106 Å². The number of carbonyl (C=O) groups excluding carboxylic acids is 7. The molecule has 8 N–H and O–H groups in total. The Morgan fingerprint density at radius 2 is 0.870 bits per heavy atom. The normalized spacial score (nSPS) is 10.9. The van der Waals surface area contributed by atoms with Gasteiger partial charge in [-0.15, -0.1) is 0 Å². The summed E-state index contributed by atoms with van der Waals surface area (Å²) < 4.78 is 0. The van der Waals surface area contributed by atoms with E-state index < -0.39 is 40.5 Å². The number of hydrogen-bond donors (Lipinski definition) is 8. The lowest BCUT2D eigenvalue weighted by Crippen LogP contribution is -2.36. The molecule has 22 nitrogen and oxygen atoms in total. The van der Waals surface area contributed by atoms with Crippen LogP contribution in [-0.4, -0.2) is 133 Å². The van der Waals surface area contributed by atoms with Crippen molar-refractivity contribution in [1.82, 2.24) is 25.6 Å². The van der Waals surface area contributed by atoms with Gasteiger partial charge >= 0.3 is 5.97 Å². The molecule has 0 unspecified atom stereocenters. The van der Waals surface area contributed by atoms with Gasteiger partial charge in [0.05, 0.1) is 5.56 Å². The maximum absolute atomic E-state index is 12.3. The molecule has 0 aliphatic heterocycles. The first-order valence-electron chi connectivity index (χ1n) is 23.8. The van der Waals surface area contributed by atoms with Crippen molar-refractivity contribution in [3.63, 3.8) is 0 Å². The lowest BCUT2D eigenvalue weighted by atomic mass is 10.1. The lowest BCUT2D eigenvalue weighted by Gasteiger charge is -2.16. The van der Waals surface area contributed by atoms with Gasteiger partial charge in [-0.1, -0.05) is 25.7 Å². The van der Waals surface area contributed by atoms with Crippen LogP contribution in [-0.2, 0) is 33.6 Å². The zero-order valence-corrected chi connectivity index (χ0v) is 39.7. The van der Waals surface area contributed by atoms with Crippen LogP contribution in [0.1, 0.15) is 159 Å². The van der Waals surface area contributed by atoms with E-state index in [2.05, 4.69) is 16.0 Å². The van der Waals surface area contributed by atoms with E-state index in [0.717, 1.165) is 12.8 Å². The minimum absolute atomic E-state index is 0.0208. The number of ketones is 2. The fourth-order valence-corrected chi connectivity index (χ4v) is 6.93. The van der Waals surface area contributed by atoms with Gasteiger partial charge < -0.3 is 21.1 Å². The molecule has 2 rings (SSSR count). The second-order valence-corrected chi connectivity index (χ2v) is 16.9. The molecule has 0 atom stereocenters. The van der Waals surface area contributed by atoms with E-state index in [1.807, 2.05) is 0 Å². The summed E-state index contributed by atoms with van der Waals surface area (Å²) in [5, 5.41) is 59.4. The summed E-state index contributed by atoms with van der Waals surface area (Å²) in [6.07, 6.45) is 8.37. The Kier molecular flexibility index (Phi) is 28.6. The molecule has 69 heavy (non-hydrogen) atoms. The number of nitrogens with one attached hydrogen (secondary N) is 3. The van der Waals surface area contributed by atoms with Crippen molar-refractivity contribution in [3.05, 3.63) is 50.3 Å². The molecule has 22 heteroatoms. The Balaban J connectivity index is 1.42.